The van der Waals surface area contributed by atoms with E-state index in [0.29, 0.717) is 37.3 Å². The first-order chi connectivity index (χ1) is 20.6. The maximum atomic E-state index is 15.3. The van der Waals surface area contributed by atoms with Crippen LogP contribution >= 0.6 is 0 Å². The number of nitrogens with zero attached hydrogens (tertiary/aromatic N) is 4. The van der Waals surface area contributed by atoms with E-state index in [9.17, 15) is 10.1 Å². The summed E-state index contributed by atoms with van der Waals surface area (Å²) in [6.07, 6.45) is 11.0. The van der Waals surface area contributed by atoms with Crippen molar-refractivity contribution in [2.75, 3.05) is 26.2 Å². The predicted octanol–water partition coefficient (Wildman–Crippen LogP) is 8.20. The maximum absolute atomic E-state index is 15.3. The smallest absolute Gasteiger partial charge is 0.225 e. The van der Waals surface area contributed by atoms with Crippen LogP contribution in [0.4, 0.5) is 4.39 Å². The molecule has 1 aliphatic carbocycles. The molecular weight excluding hydrogens is 535 g/mol. The largest absolute Gasteiger partial charge is 0.368 e. The molecule has 1 aliphatic heterocycles. The van der Waals surface area contributed by atoms with Crippen molar-refractivity contribution in [3.05, 3.63) is 93.7 Å². The summed E-state index contributed by atoms with van der Waals surface area (Å²) >= 11 is 0. The zero-order valence-electron chi connectivity index (χ0n) is 27.0. The highest BCUT2D eigenvalue weighted by Gasteiger charge is 2.30. The van der Waals surface area contributed by atoms with E-state index in [1.54, 1.807) is 6.07 Å². The van der Waals surface area contributed by atoms with Crippen LogP contribution < -0.4 is 0 Å². The highest BCUT2D eigenvalue weighted by atomic mass is 19.1. The Morgan fingerprint density at radius 3 is 2.60 bits per heavy atom. The minimum absolute atomic E-state index is 0.0312. The fourth-order valence-corrected chi connectivity index (χ4v) is 5.91. The Balaban J connectivity index is 1.95. The van der Waals surface area contributed by atoms with Gasteiger partial charge in [0.05, 0.1) is 11.6 Å². The molecule has 0 unspecified atom stereocenters. The molecule has 1 aromatic rings. The average molecular weight is 583 g/mol. The molecule has 43 heavy (non-hydrogen) atoms. The van der Waals surface area contributed by atoms with Crippen molar-refractivity contribution in [3.63, 3.8) is 0 Å². The van der Waals surface area contributed by atoms with Gasteiger partial charge in [-0.25, -0.2) is 4.39 Å². The van der Waals surface area contributed by atoms with E-state index in [4.69, 9.17) is 4.99 Å². The summed E-state index contributed by atoms with van der Waals surface area (Å²) < 4.78 is 15.3. The highest BCUT2D eigenvalue weighted by Crippen LogP contribution is 2.33. The summed E-state index contributed by atoms with van der Waals surface area (Å²) in [6.45, 7) is 16.8. The van der Waals surface area contributed by atoms with E-state index < -0.39 is 0 Å². The predicted molar refractivity (Wildman–Crippen MR) is 176 cm³/mol. The molecule has 1 heterocycles. The van der Waals surface area contributed by atoms with Gasteiger partial charge in [-0.2, -0.15) is 5.26 Å². The summed E-state index contributed by atoms with van der Waals surface area (Å²) in [7, 11) is 0. The Morgan fingerprint density at radius 2 is 1.98 bits per heavy atom. The van der Waals surface area contributed by atoms with Crippen molar-refractivity contribution in [2.24, 2.45) is 10.9 Å². The quantitative estimate of drug-likeness (QED) is 0.114. The van der Waals surface area contributed by atoms with Gasteiger partial charge in [-0.15, -0.1) is 5.73 Å². The van der Waals surface area contributed by atoms with E-state index in [0.717, 1.165) is 59.4 Å². The molecule has 0 aromatic heterocycles. The molecular formula is C37H47FN4O. The van der Waals surface area contributed by atoms with E-state index in [1.807, 2.05) is 76.0 Å². The van der Waals surface area contributed by atoms with E-state index >= 15 is 4.39 Å². The Kier molecular flexibility index (Phi) is 12.5. The number of carbonyl (C=O) groups excluding carboxylic acids is 1. The zero-order valence-corrected chi connectivity index (χ0v) is 27.0. The molecule has 1 aromatic carbocycles. The first-order valence-electron chi connectivity index (χ1n) is 15.6. The number of amides is 1. The lowest BCUT2D eigenvalue weighted by atomic mass is 9.89. The van der Waals surface area contributed by atoms with Crippen molar-refractivity contribution < 1.29 is 9.18 Å². The van der Waals surface area contributed by atoms with Crippen molar-refractivity contribution in [1.82, 2.24) is 9.80 Å². The number of nitriles is 1. The van der Waals surface area contributed by atoms with Crippen molar-refractivity contribution in [2.45, 2.75) is 80.2 Å². The SMILES string of the molecule is C/C=C(\C(C(CCCCC1=C=C(C)C=CC(C#N)=C1)=NCC)=C(\C)N1CCN(C(=O)C(C)C)C[C@@H]1C)c1ccccc1F. The first kappa shape index (κ1) is 33.6. The van der Waals surface area contributed by atoms with Crippen molar-refractivity contribution in [3.8, 4) is 6.07 Å². The number of unbranched alkanes of at least 4 members (excludes halogenated alkanes) is 1. The molecule has 0 spiro atoms. The third-order valence-electron chi connectivity index (χ3n) is 8.02. The number of benzene rings is 1. The number of allylic oxidation sites excluding steroid dienone is 9. The van der Waals surface area contributed by atoms with Crippen LogP contribution in [0.3, 0.4) is 0 Å². The van der Waals surface area contributed by atoms with Crippen LogP contribution in [-0.2, 0) is 4.79 Å². The van der Waals surface area contributed by atoms with Gasteiger partial charge in [-0.05, 0) is 95.2 Å². The molecule has 228 valence electrons. The average Bonchev–Trinajstić information content (AvgIpc) is 3.17. The van der Waals surface area contributed by atoms with Crippen LogP contribution in [0.2, 0.25) is 0 Å². The standard InChI is InChI=1S/C37H47FN4O/c1-8-32(33-15-11-12-16-34(33)38)36(29(7)42-21-20-41(25-28(42)6)37(43)26(3)4)35(40-9-2)17-13-10-14-30-22-27(5)18-19-31(23-30)24-39/h8,11-12,15-16,18-19,23,26,28H,9-10,13-14,17,20-21,25H2,1-7H3/b32-8-,36-29+,40-35?/t28-/m0/s1. The van der Waals surface area contributed by atoms with Crippen LogP contribution in [-0.4, -0.2) is 53.6 Å². The number of hydrogen-bond donors (Lipinski definition) is 0. The highest BCUT2D eigenvalue weighted by molar-refractivity contribution is 6.13. The summed E-state index contributed by atoms with van der Waals surface area (Å²) in [5, 5.41) is 9.42. The maximum Gasteiger partial charge on any atom is 0.225 e. The third-order valence-corrected chi connectivity index (χ3v) is 8.02. The van der Waals surface area contributed by atoms with Gasteiger partial charge in [-0.1, -0.05) is 44.2 Å². The van der Waals surface area contributed by atoms with Crippen molar-refractivity contribution in [1.29, 1.82) is 5.26 Å². The Morgan fingerprint density at radius 1 is 1.23 bits per heavy atom. The molecule has 0 saturated carbocycles. The molecule has 3 rings (SSSR count). The van der Waals surface area contributed by atoms with Crippen LogP contribution in [0, 0.1) is 23.1 Å². The van der Waals surface area contributed by atoms with Crippen LogP contribution in [0.1, 0.15) is 79.7 Å². The second-order valence-electron chi connectivity index (χ2n) is 11.6. The van der Waals surface area contributed by atoms with Gasteiger partial charge in [0, 0.05) is 60.7 Å². The molecule has 0 bridgehead atoms. The number of hydrogen-bond acceptors (Lipinski definition) is 4. The van der Waals surface area contributed by atoms with E-state index in [-0.39, 0.29) is 23.7 Å². The Hall–Kier alpha value is -3.94. The van der Waals surface area contributed by atoms with E-state index in [1.165, 1.54) is 6.07 Å². The lowest BCUT2D eigenvalue weighted by Gasteiger charge is -2.43. The number of piperazine rings is 1. The second-order valence-corrected chi connectivity index (χ2v) is 11.6. The van der Waals surface area contributed by atoms with Crippen molar-refractivity contribution >= 4 is 17.2 Å². The number of rotatable bonds is 11. The minimum atomic E-state index is -0.256. The molecule has 0 radical (unpaired) electrons. The van der Waals surface area contributed by atoms with Crippen LogP contribution in [0.5, 0.6) is 0 Å². The summed E-state index contributed by atoms with van der Waals surface area (Å²) in [4.78, 5) is 22.1. The van der Waals surface area contributed by atoms with Gasteiger partial charge in [0.1, 0.15) is 5.82 Å². The van der Waals surface area contributed by atoms with Gasteiger partial charge >= 0.3 is 0 Å². The second kappa shape index (κ2) is 16.1. The monoisotopic (exact) mass is 582 g/mol. The fourth-order valence-electron chi connectivity index (χ4n) is 5.91. The van der Waals surface area contributed by atoms with E-state index in [2.05, 4.69) is 30.5 Å². The molecule has 5 nitrogen and oxygen atoms in total. The topological polar surface area (TPSA) is 59.7 Å². The number of aliphatic imine (C=N–C) groups is 1. The molecule has 2 aliphatic rings. The van der Waals surface area contributed by atoms with Gasteiger partial charge < -0.3 is 9.80 Å². The van der Waals surface area contributed by atoms with Gasteiger partial charge in [0.2, 0.25) is 5.91 Å². The molecule has 1 fully saturated rings. The number of carbonyl (C=O) groups is 1. The molecule has 1 amide bonds. The Labute approximate surface area is 258 Å². The van der Waals surface area contributed by atoms with Gasteiger partial charge in [0.15, 0.2) is 0 Å². The summed E-state index contributed by atoms with van der Waals surface area (Å²) in [5.74, 6) is -0.104. The normalized spacial score (nSPS) is 18.5. The minimum Gasteiger partial charge on any atom is -0.368 e. The lowest BCUT2D eigenvalue weighted by Crippen LogP contribution is -2.54. The van der Waals surface area contributed by atoms with Crippen LogP contribution in [0.25, 0.3) is 5.57 Å². The first-order valence-corrected chi connectivity index (χ1v) is 15.6. The van der Waals surface area contributed by atoms with Crippen LogP contribution in [0.15, 0.2) is 87.3 Å². The molecule has 0 N–H and O–H groups in total. The lowest BCUT2D eigenvalue weighted by molar-refractivity contribution is -0.136. The molecule has 1 atom stereocenters. The molecule has 6 heteroatoms. The Bertz CT molecular complexity index is 1440. The third kappa shape index (κ3) is 8.78. The van der Waals surface area contributed by atoms with Gasteiger partial charge in [0.25, 0.3) is 0 Å². The summed E-state index contributed by atoms with van der Waals surface area (Å²) in [5.41, 5.74) is 10.5. The zero-order chi connectivity index (χ0) is 31.5. The fraction of sp³-hybridized carbons (Fsp3) is 0.459. The summed E-state index contributed by atoms with van der Waals surface area (Å²) in [6, 6.07) is 9.30. The molecule has 1 saturated heterocycles. The van der Waals surface area contributed by atoms with Gasteiger partial charge in [-0.3, -0.25) is 9.79 Å². The number of halogens is 1.